The molecule has 6 heteroatoms. The fourth-order valence-corrected chi connectivity index (χ4v) is 4.40. The molecule has 0 unspecified atom stereocenters. The number of hydrazone groups is 1. The highest BCUT2D eigenvalue weighted by atomic mass is 16.3. The molecular formula is C30H51N5O. The van der Waals surface area contributed by atoms with Crippen molar-refractivity contribution in [3.05, 3.63) is 48.1 Å². The van der Waals surface area contributed by atoms with Crippen molar-refractivity contribution in [3.8, 4) is 5.75 Å². The maximum Gasteiger partial charge on any atom is 0.125 e. The molecular weight excluding hydrogens is 446 g/mol. The van der Waals surface area contributed by atoms with Crippen LogP contribution in [0.4, 0.5) is 0 Å². The van der Waals surface area contributed by atoms with Crippen molar-refractivity contribution in [2.75, 3.05) is 7.05 Å². The number of phenols is 1. The van der Waals surface area contributed by atoms with Crippen molar-refractivity contribution in [2.24, 2.45) is 15.1 Å². The SMILES string of the molecule is C=C/C(=N\NC(C)=NC1CC(C)(C)NC(C)(C)C1)c1ccc(/C(C=NC)=C/C)cc1O.CC.CCC. The fraction of sp³-hybridized carbons (Fsp3) is 0.567. The summed E-state index contributed by atoms with van der Waals surface area (Å²) in [6.07, 6.45) is 8.51. The summed E-state index contributed by atoms with van der Waals surface area (Å²) < 4.78 is 0. The Hall–Kier alpha value is -2.73. The van der Waals surface area contributed by atoms with Crippen molar-refractivity contribution >= 4 is 23.3 Å². The number of benzene rings is 1. The Balaban J connectivity index is 0.00000227. The van der Waals surface area contributed by atoms with Crippen LogP contribution in [0.25, 0.3) is 5.57 Å². The Kier molecular flexibility index (Phi) is 14.9. The van der Waals surface area contributed by atoms with Crippen LogP contribution in [-0.2, 0) is 0 Å². The molecule has 1 aromatic carbocycles. The minimum atomic E-state index is 0.0353. The van der Waals surface area contributed by atoms with Gasteiger partial charge in [0.15, 0.2) is 0 Å². The van der Waals surface area contributed by atoms with Gasteiger partial charge in [-0.25, -0.2) is 0 Å². The quantitative estimate of drug-likeness (QED) is 0.222. The fourth-order valence-electron chi connectivity index (χ4n) is 4.40. The standard InChI is InChI=1S/C25H37N5O.C3H8.C2H6/c1-9-18(16-26-8)19-11-12-21(23(31)13-19)22(10-2)29-28-17(3)27-20-14-24(4,5)30-25(6,7)15-20;1-3-2;1-2/h9-13,16,20,30-31H,2,14-15H2,1,3-8H3,(H,27,28);3H2,1-2H3;1-2H3/b18-9+,26-16?,29-22+;;. The molecule has 1 heterocycles. The van der Waals surface area contributed by atoms with E-state index < -0.39 is 0 Å². The van der Waals surface area contributed by atoms with Crippen molar-refractivity contribution in [1.82, 2.24) is 10.7 Å². The van der Waals surface area contributed by atoms with Crippen LogP contribution in [0.2, 0.25) is 0 Å². The van der Waals surface area contributed by atoms with E-state index in [1.54, 1.807) is 25.4 Å². The van der Waals surface area contributed by atoms with Gasteiger partial charge in [-0.1, -0.05) is 52.8 Å². The zero-order valence-corrected chi connectivity index (χ0v) is 24.7. The lowest BCUT2D eigenvalue weighted by Gasteiger charge is -2.45. The maximum atomic E-state index is 10.6. The van der Waals surface area contributed by atoms with E-state index in [-0.39, 0.29) is 22.9 Å². The molecule has 1 saturated heterocycles. The number of rotatable bonds is 6. The summed E-state index contributed by atoms with van der Waals surface area (Å²) in [5.41, 5.74) is 6.09. The van der Waals surface area contributed by atoms with E-state index in [1.165, 1.54) is 6.42 Å². The number of hydrogen-bond donors (Lipinski definition) is 3. The molecule has 0 amide bonds. The molecule has 202 valence electrons. The highest BCUT2D eigenvalue weighted by Crippen LogP contribution is 2.30. The number of phenolic OH excluding ortho intramolecular Hbond substituents is 1. The zero-order valence-electron chi connectivity index (χ0n) is 24.7. The minimum absolute atomic E-state index is 0.0353. The number of nitrogens with one attached hydrogen (secondary N) is 2. The number of aliphatic imine (C=N–C) groups is 2. The summed E-state index contributed by atoms with van der Waals surface area (Å²) in [7, 11) is 1.72. The van der Waals surface area contributed by atoms with E-state index in [2.05, 4.69) is 69.0 Å². The van der Waals surface area contributed by atoms with Crippen LogP contribution in [0, 0.1) is 0 Å². The molecule has 36 heavy (non-hydrogen) atoms. The van der Waals surface area contributed by atoms with Gasteiger partial charge in [0, 0.05) is 29.9 Å². The van der Waals surface area contributed by atoms with Gasteiger partial charge in [0.25, 0.3) is 0 Å². The van der Waals surface area contributed by atoms with Crippen molar-refractivity contribution in [1.29, 1.82) is 0 Å². The van der Waals surface area contributed by atoms with Crippen LogP contribution >= 0.6 is 0 Å². The van der Waals surface area contributed by atoms with Crippen LogP contribution in [0.3, 0.4) is 0 Å². The Morgan fingerprint density at radius 2 is 1.72 bits per heavy atom. The zero-order chi connectivity index (χ0) is 27.9. The van der Waals surface area contributed by atoms with Crippen LogP contribution in [0.5, 0.6) is 5.75 Å². The van der Waals surface area contributed by atoms with Gasteiger partial charge in [-0.05, 0) is 83.7 Å². The first-order chi connectivity index (χ1) is 16.9. The normalized spacial score (nSPS) is 18.0. The molecule has 0 bridgehead atoms. The van der Waals surface area contributed by atoms with Crippen molar-refractivity contribution in [2.45, 2.75) is 106 Å². The van der Waals surface area contributed by atoms with E-state index in [9.17, 15) is 5.11 Å². The topological polar surface area (TPSA) is 81.4 Å². The van der Waals surface area contributed by atoms with E-state index in [1.807, 2.05) is 45.9 Å². The van der Waals surface area contributed by atoms with E-state index in [0.717, 1.165) is 29.8 Å². The largest absolute Gasteiger partial charge is 0.507 e. The Bertz CT molecular complexity index is 923. The van der Waals surface area contributed by atoms with Gasteiger partial charge in [-0.15, -0.1) is 0 Å². The van der Waals surface area contributed by atoms with Gasteiger partial charge in [-0.3, -0.25) is 15.4 Å². The Labute approximate surface area is 220 Å². The highest BCUT2D eigenvalue weighted by Gasteiger charge is 2.37. The maximum absolute atomic E-state index is 10.6. The van der Waals surface area contributed by atoms with Gasteiger partial charge in [-0.2, -0.15) is 5.10 Å². The van der Waals surface area contributed by atoms with Gasteiger partial charge < -0.3 is 10.4 Å². The number of aromatic hydroxyl groups is 1. The third-order valence-electron chi connectivity index (χ3n) is 5.26. The first-order valence-corrected chi connectivity index (χ1v) is 13.1. The van der Waals surface area contributed by atoms with Crippen LogP contribution in [0.1, 0.15) is 99.6 Å². The molecule has 2 rings (SSSR count). The second-order valence-corrected chi connectivity index (χ2v) is 10.1. The summed E-state index contributed by atoms with van der Waals surface area (Å²) in [5, 5.41) is 18.7. The summed E-state index contributed by atoms with van der Waals surface area (Å²) in [5.74, 6) is 0.877. The molecule has 0 atom stereocenters. The molecule has 0 spiro atoms. The molecule has 0 radical (unpaired) electrons. The van der Waals surface area contributed by atoms with Crippen LogP contribution < -0.4 is 10.7 Å². The predicted octanol–water partition coefficient (Wildman–Crippen LogP) is 7.15. The molecule has 6 nitrogen and oxygen atoms in total. The van der Waals surface area contributed by atoms with Gasteiger partial charge in [0.1, 0.15) is 11.6 Å². The van der Waals surface area contributed by atoms with E-state index >= 15 is 0 Å². The highest BCUT2D eigenvalue weighted by molar-refractivity contribution is 6.12. The van der Waals surface area contributed by atoms with E-state index in [4.69, 9.17) is 4.99 Å². The molecule has 1 aromatic rings. The molecule has 1 aliphatic heterocycles. The summed E-state index contributed by atoms with van der Waals surface area (Å²) in [6.45, 7) is 24.8. The van der Waals surface area contributed by atoms with Crippen LogP contribution in [0.15, 0.2) is 52.0 Å². The minimum Gasteiger partial charge on any atom is -0.507 e. The lowest BCUT2D eigenvalue weighted by atomic mass is 9.80. The van der Waals surface area contributed by atoms with Gasteiger partial charge in [0.2, 0.25) is 0 Å². The number of hydrogen-bond acceptors (Lipinski definition) is 5. The number of nitrogens with zero attached hydrogens (tertiary/aromatic N) is 3. The second kappa shape index (κ2) is 16.1. The molecule has 3 N–H and O–H groups in total. The summed E-state index contributed by atoms with van der Waals surface area (Å²) >= 11 is 0. The van der Waals surface area contributed by atoms with Gasteiger partial charge in [0.05, 0.1) is 11.8 Å². The predicted molar refractivity (Wildman–Crippen MR) is 161 cm³/mol. The average molecular weight is 498 g/mol. The smallest absolute Gasteiger partial charge is 0.125 e. The van der Waals surface area contributed by atoms with Crippen LogP contribution in [-0.4, -0.2) is 47.0 Å². The Morgan fingerprint density at radius 1 is 1.17 bits per heavy atom. The monoisotopic (exact) mass is 497 g/mol. The average Bonchev–Trinajstić information content (AvgIpc) is 2.78. The summed E-state index contributed by atoms with van der Waals surface area (Å²) in [4.78, 5) is 8.92. The van der Waals surface area contributed by atoms with E-state index in [0.29, 0.717) is 11.3 Å². The first kappa shape index (κ1) is 33.3. The number of amidine groups is 1. The molecule has 1 aliphatic rings. The number of piperidine rings is 1. The van der Waals surface area contributed by atoms with Crippen molar-refractivity contribution < 1.29 is 5.11 Å². The molecule has 1 fully saturated rings. The third-order valence-corrected chi connectivity index (χ3v) is 5.26. The second-order valence-electron chi connectivity index (χ2n) is 10.1. The van der Waals surface area contributed by atoms with Crippen molar-refractivity contribution in [3.63, 3.8) is 0 Å². The molecule has 0 aromatic heterocycles. The first-order valence-electron chi connectivity index (χ1n) is 13.1. The molecule has 0 saturated carbocycles. The molecule has 0 aliphatic carbocycles. The summed E-state index contributed by atoms with van der Waals surface area (Å²) in [6, 6.07) is 5.70. The Morgan fingerprint density at radius 3 is 2.17 bits per heavy atom. The lowest BCUT2D eigenvalue weighted by molar-refractivity contribution is 0.164. The lowest BCUT2D eigenvalue weighted by Crippen LogP contribution is -2.59. The third kappa shape index (κ3) is 11.3. The number of allylic oxidation sites excluding steroid dienone is 3. The van der Waals surface area contributed by atoms with Gasteiger partial charge >= 0.3 is 0 Å².